The predicted molar refractivity (Wildman–Crippen MR) is 157 cm³/mol. The normalized spacial score (nSPS) is 18.7. The lowest BCUT2D eigenvalue weighted by Crippen LogP contribution is -2.71. The molecule has 3 amide bonds. The Balaban J connectivity index is 1.21. The molecule has 0 radical (unpaired) electrons. The molecule has 2 aliphatic rings. The SMILES string of the molecule is Cn1nnnc1SCC1=C(C(=O)O)N2C(=O)C(NC(=O)C(NC(=O)n3c(=O)n(C)c4ccccc43)c3cccs3)[C@H]2SC1. The number of para-hydroxylation sites is 2. The molecule has 2 aliphatic heterocycles. The maximum Gasteiger partial charge on any atom is 0.352 e. The van der Waals surface area contributed by atoms with E-state index in [0.29, 0.717) is 32.4 Å². The Labute approximate surface area is 254 Å². The van der Waals surface area contributed by atoms with Crippen LogP contribution in [0.3, 0.4) is 0 Å². The van der Waals surface area contributed by atoms with Gasteiger partial charge in [0.15, 0.2) is 0 Å². The van der Waals surface area contributed by atoms with Crippen LogP contribution in [0.2, 0.25) is 0 Å². The van der Waals surface area contributed by atoms with E-state index in [1.165, 1.54) is 49.0 Å². The van der Waals surface area contributed by atoms with E-state index in [-0.39, 0.29) is 11.4 Å². The monoisotopic (exact) mass is 641 g/mol. The van der Waals surface area contributed by atoms with E-state index in [4.69, 9.17) is 0 Å². The number of aryl methyl sites for hydroxylation is 2. The molecule has 3 atom stereocenters. The van der Waals surface area contributed by atoms with E-state index in [1.54, 1.807) is 55.9 Å². The molecule has 1 aromatic carbocycles. The van der Waals surface area contributed by atoms with Crippen LogP contribution in [0.25, 0.3) is 11.0 Å². The van der Waals surface area contributed by atoms with Crippen molar-refractivity contribution < 1.29 is 24.3 Å². The number of imidazole rings is 1. The summed E-state index contributed by atoms with van der Waals surface area (Å²) in [5, 5.41) is 28.1. The highest BCUT2D eigenvalue weighted by Crippen LogP contribution is 2.41. The van der Waals surface area contributed by atoms with Gasteiger partial charge in [-0.15, -0.1) is 28.2 Å². The van der Waals surface area contributed by atoms with Crippen molar-refractivity contribution in [3.63, 3.8) is 0 Å². The van der Waals surface area contributed by atoms with Crippen molar-refractivity contribution in [3.8, 4) is 0 Å². The van der Waals surface area contributed by atoms with Gasteiger partial charge in [0.05, 0.1) is 11.0 Å². The van der Waals surface area contributed by atoms with Gasteiger partial charge in [-0.05, 0) is 39.6 Å². The fourth-order valence-electron chi connectivity index (χ4n) is 4.92. The number of carbonyl (C=O) groups is 4. The van der Waals surface area contributed by atoms with E-state index in [2.05, 4.69) is 26.2 Å². The topological polar surface area (TPSA) is 186 Å². The summed E-state index contributed by atoms with van der Waals surface area (Å²) in [5.41, 5.74) is 0.746. The Morgan fingerprint density at radius 2 is 1.91 bits per heavy atom. The lowest BCUT2D eigenvalue weighted by atomic mass is 10.0. The fraction of sp³-hybridized carbons (Fsp3) is 0.280. The third-order valence-electron chi connectivity index (χ3n) is 7.03. The molecule has 15 nitrogen and oxygen atoms in total. The van der Waals surface area contributed by atoms with Gasteiger partial charge in [-0.1, -0.05) is 30.0 Å². The van der Waals surface area contributed by atoms with Crippen LogP contribution in [-0.2, 0) is 28.5 Å². The number of aromatic nitrogens is 6. The third-order valence-corrected chi connectivity index (χ3v) is 10.4. The molecule has 5 heterocycles. The van der Waals surface area contributed by atoms with Gasteiger partial charge in [0, 0.05) is 30.5 Å². The lowest BCUT2D eigenvalue weighted by Gasteiger charge is -2.49. The largest absolute Gasteiger partial charge is 0.477 e. The molecule has 1 fully saturated rings. The standard InChI is InChI=1S/C25H23N9O6S3/c1-31-13-6-3-4-7-14(13)33(25(31)40)23(39)27-16(15-8-5-9-41-15)19(35)26-17-20(36)34-18(22(37)38)12(10-42-21(17)34)11-43-24-28-29-30-32(24)2/h3-9,16-17,21H,10-11H2,1-2H3,(H,26,35)(H,27,39)(H,37,38)/t16?,17?,21-/m1/s1. The molecule has 0 aliphatic carbocycles. The zero-order valence-corrected chi connectivity index (χ0v) is 25.0. The van der Waals surface area contributed by atoms with Crippen molar-refractivity contribution in [3.05, 3.63) is 68.4 Å². The molecule has 2 unspecified atom stereocenters. The zero-order valence-electron chi connectivity index (χ0n) is 22.5. The van der Waals surface area contributed by atoms with Crippen molar-refractivity contribution >= 4 is 69.7 Å². The Morgan fingerprint density at radius 1 is 1.14 bits per heavy atom. The van der Waals surface area contributed by atoms with Crippen molar-refractivity contribution in [1.29, 1.82) is 0 Å². The first kappa shape index (κ1) is 28.7. The van der Waals surface area contributed by atoms with E-state index < -0.39 is 47.0 Å². The number of thiophene rings is 1. The summed E-state index contributed by atoms with van der Waals surface area (Å²) in [4.78, 5) is 67.0. The van der Waals surface area contributed by atoms with Gasteiger partial charge in [0.2, 0.25) is 11.1 Å². The number of carboxylic acids is 1. The minimum absolute atomic E-state index is 0.125. The number of thioether (sulfide) groups is 2. The third kappa shape index (κ3) is 5.00. The van der Waals surface area contributed by atoms with Gasteiger partial charge in [-0.25, -0.2) is 23.6 Å². The van der Waals surface area contributed by atoms with Crippen LogP contribution in [0.1, 0.15) is 10.9 Å². The molecule has 4 aromatic rings. The number of nitrogens with zero attached hydrogens (tertiary/aromatic N) is 7. The fourth-order valence-corrected chi connectivity index (χ4v) is 8.03. The smallest absolute Gasteiger partial charge is 0.352 e. The maximum absolute atomic E-state index is 13.6. The molecule has 18 heteroatoms. The summed E-state index contributed by atoms with van der Waals surface area (Å²) in [6.45, 7) is 0. The number of tetrazole rings is 1. The summed E-state index contributed by atoms with van der Waals surface area (Å²) < 4.78 is 3.75. The van der Waals surface area contributed by atoms with E-state index >= 15 is 0 Å². The predicted octanol–water partition coefficient (Wildman–Crippen LogP) is 0.755. The number of amides is 3. The van der Waals surface area contributed by atoms with Crippen molar-refractivity contribution in [2.45, 2.75) is 22.6 Å². The Kier molecular flexibility index (Phi) is 7.57. The van der Waals surface area contributed by atoms with E-state index in [0.717, 1.165) is 4.57 Å². The average Bonchev–Trinajstić information content (AvgIpc) is 3.73. The number of carbonyl (C=O) groups excluding carboxylic acids is 3. The number of nitrogens with one attached hydrogen (secondary N) is 2. The second-order valence-electron chi connectivity index (χ2n) is 9.59. The second-order valence-corrected chi connectivity index (χ2v) is 12.6. The van der Waals surface area contributed by atoms with Gasteiger partial charge in [-0.2, -0.15) is 0 Å². The van der Waals surface area contributed by atoms with Gasteiger partial charge in [-0.3, -0.25) is 19.1 Å². The van der Waals surface area contributed by atoms with E-state index in [9.17, 15) is 29.1 Å². The first-order valence-electron chi connectivity index (χ1n) is 12.7. The Morgan fingerprint density at radius 3 is 2.58 bits per heavy atom. The van der Waals surface area contributed by atoms with Crippen LogP contribution in [-0.4, -0.2) is 86.1 Å². The highest BCUT2D eigenvalue weighted by atomic mass is 32.2. The van der Waals surface area contributed by atoms with Crippen LogP contribution >= 0.6 is 34.9 Å². The summed E-state index contributed by atoms with van der Waals surface area (Å²) in [5.74, 6) is -1.92. The summed E-state index contributed by atoms with van der Waals surface area (Å²) in [7, 11) is 3.21. The summed E-state index contributed by atoms with van der Waals surface area (Å²) in [6, 6.07) is 7.12. The number of hydrogen-bond acceptors (Lipinski definition) is 11. The van der Waals surface area contributed by atoms with Crippen molar-refractivity contribution in [2.75, 3.05) is 11.5 Å². The Hall–Kier alpha value is -4.42. The molecule has 222 valence electrons. The number of aliphatic carboxylic acids is 1. The maximum atomic E-state index is 13.6. The average molecular weight is 642 g/mol. The minimum Gasteiger partial charge on any atom is -0.477 e. The quantitative estimate of drug-likeness (QED) is 0.182. The van der Waals surface area contributed by atoms with Crippen molar-refractivity contribution in [1.82, 2.24) is 44.9 Å². The number of fused-ring (bicyclic) bond motifs is 2. The first-order valence-corrected chi connectivity index (χ1v) is 15.6. The summed E-state index contributed by atoms with van der Waals surface area (Å²) in [6.07, 6.45) is 0. The van der Waals surface area contributed by atoms with Gasteiger partial charge in [0.1, 0.15) is 23.2 Å². The minimum atomic E-state index is -1.25. The second kappa shape index (κ2) is 11.3. The molecular formula is C25H23N9O6S3. The van der Waals surface area contributed by atoms with E-state index in [1.807, 2.05) is 0 Å². The van der Waals surface area contributed by atoms with Crippen LogP contribution in [0.15, 0.2) is 63.0 Å². The van der Waals surface area contributed by atoms with Gasteiger partial charge in [0.25, 0.3) is 5.91 Å². The number of carboxylic acid groups (broad SMARTS) is 1. The number of hydrogen-bond donors (Lipinski definition) is 3. The number of benzene rings is 1. The highest BCUT2D eigenvalue weighted by molar-refractivity contribution is 8.01. The molecule has 0 bridgehead atoms. The number of rotatable bonds is 8. The molecule has 1 saturated heterocycles. The molecule has 3 aromatic heterocycles. The lowest BCUT2D eigenvalue weighted by molar-refractivity contribution is -0.150. The van der Waals surface area contributed by atoms with Crippen molar-refractivity contribution in [2.24, 2.45) is 14.1 Å². The molecule has 0 spiro atoms. The Bertz CT molecular complexity index is 1860. The van der Waals surface area contributed by atoms with Crippen LogP contribution in [0, 0.1) is 0 Å². The van der Waals surface area contributed by atoms with Crippen LogP contribution in [0.4, 0.5) is 4.79 Å². The highest BCUT2D eigenvalue weighted by Gasteiger charge is 2.54. The molecule has 3 N–H and O–H groups in total. The van der Waals surface area contributed by atoms with Gasteiger partial charge < -0.3 is 15.7 Å². The zero-order chi connectivity index (χ0) is 30.4. The van der Waals surface area contributed by atoms with Gasteiger partial charge >= 0.3 is 17.7 Å². The first-order chi connectivity index (χ1) is 20.7. The molecular weight excluding hydrogens is 619 g/mol. The summed E-state index contributed by atoms with van der Waals surface area (Å²) >= 11 is 3.80. The number of β-lactam (4-membered cyclic amide) rings is 1. The molecule has 0 saturated carbocycles. The van der Waals surface area contributed by atoms with Crippen LogP contribution in [0.5, 0.6) is 0 Å². The van der Waals surface area contributed by atoms with Crippen LogP contribution < -0.4 is 16.3 Å². The molecule has 6 rings (SSSR count). The molecule has 43 heavy (non-hydrogen) atoms.